The molecule has 0 amide bonds. The Bertz CT molecular complexity index is 161. The molecule has 1 rings (SSSR count). The van der Waals surface area contributed by atoms with E-state index >= 15 is 0 Å². The Hall–Kier alpha value is -0.120. The molecule has 1 aliphatic carbocycles. The van der Waals surface area contributed by atoms with E-state index in [9.17, 15) is 15.3 Å². The predicted molar refractivity (Wildman–Crippen MR) is 59.6 cm³/mol. The molecule has 3 N–H and O–H groups in total. The van der Waals surface area contributed by atoms with Crippen molar-refractivity contribution in [1.29, 1.82) is 0 Å². The van der Waals surface area contributed by atoms with E-state index in [-0.39, 0.29) is 6.10 Å². The van der Waals surface area contributed by atoms with Crippen LogP contribution in [0.25, 0.3) is 0 Å². The maximum absolute atomic E-state index is 9.62. The molecule has 0 spiro atoms. The average Bonchev–Trinajstić information content (AvgIpc) is 2.22. The molecule has 3 atom stereocenters. The first kappa shape index (κ1) is 12.9. The van der Waals surface area contributed by atoms with E-state index in [0.29, 0.717) is 19.3 Å². The van der Waals surface area contributed by atoms with E-state index < -0.39 is 12.2 Å². The topological polar surface area (TPSA) is 60.7 Å². The largest absolute Gasteiger partial charge is 0.393 e. The molecular weight excluding hydrogens is 192 g/mol. The zero-order valence-electron chi connectivity index (χ0n) is 9.44. The summed E-state index contributed by atoms with van der Waals surface area (Å²) in [7, 11) is 0. The van der Waals surface area contributed by atoms with Gasteiger partial charge in [0, 0.05) is 0 Å². The first-order chi connectivity index (χ1) is 7.20. The van der Waals surface area contributed by atoms with Gasteiger partial charge in [0.05, 0.1) is 18.3 Å². The Morgan fingerprint density at radius 1 is 0.533 bits per heavy atom. The summed E-state index contributed by atoms with van der Waals surface area (Å²) in [4.78, 5) is 0. The monoisotopic (exact) mass is 216 g/mol. The van der Waals surface area contributed by atoms with Crippen molar-refractivity contribution in [1.82, 2.24) is 0 Å². The Kier molecular flexibility index (Phi) is 6.22. The lowest BCUT2D eigenvalue weighted by molar-refractivity contribution is -0.00110. The zero-order chi connectivity index (χ0) is 11.1. The second kappa shape index (κ2) is 7.20. The number of rotatable bonds is 0. The molecule has 3 nitrogen and oxygen atoms in total. The first-order valence-electron chi connectivity index (χ1n) is 6.24. The van der Waals surface area contributed by atoms with Gasteiger partial charge in [0.25, 0.3) is 0 Å². The van der Waals surface area contributed by atoms with Gasteiger partial charge in [-0.1, -0.05) is 32.1 Å². The molecule has 1 saturated carbocycles. The Morgan fingerprint density at radius 3 is 1.80 bits per heavy atom. The van der Waals surface area contributed by atoms with Crippen molar-refractivity contribution in [3.63, 3.8) is 0 Å². The van der Waals surface area contributed by atoms with Crippen molar-refractivity contribution in [3.05, 3.63) is 0 Å². The summed E-state index contributed by atoms with van der Waals surface area (Å²) in [5.41, 5.74) is 0. The summed E-state index contributed by atoms with van der Waals surface area (Å²) in [6.45, 7) is 0. The highest BCUT2D eigenvalue weighted by Gasteiger charge is 2.17. The molecule has 0 aromatic rings. The third-order valence-corrected chi connectivity index (χ3v) is 3.28. The second-order valence-corrected chi connectivity index (χ2v) is 4.71. The van der Waals surface area contributed by atoms with Gasteiger partial charge in [-0.2, -0.15) is 0 Å². The van der Waals surface area contributed by atoms with Crippen molar-refractivity contribution in [3.8, 4) is 0 Å². The van der Waals surface area contributed by atoms with Crippen LogP contribution in [0.5, 0.6) is 0 Å². The third kappa shape index (κ3) is 5.50. The van der Waals surface area contributed by atoms with Crippen LogP contribution in [0.1, 0.15) is 57.8 Å². The Morgan fingerprint density at radius 2 is 1.07 bits per heavy atom. The fourth-order valence-corrected chi connectivity index (χ4v) is 2.16. The van der Waals surface area contributed by atoms with Gasteiger partial charge in [-0.15, -0.1) is 0 Å². The van der Waals surface area contributed by atoms with Gasteiger partial charge in [0.1, 0.15) is 0 Å². The summed E-state index contributed by atoms with van der Waals surface area (Å²) >= 11 is 0. The molecule has 3 unspecified atom stereocenters. The summed E-state index contributed by atoms with van der Waals surface area (Å²) in [5, 5.41) is 28.8. The highest BCUT2D eigenvalue weighted by Crippen LogP contribution is 2.17. The molecule has 3 heteroatoms. The Balaban J connectivity index is 2.33. The van der Waals surface area contributed by atoms with Crippen LogP contribution in [-0.2, 0) is 0 Å². The third-order valence-electron chi connectivity index (χ3n) is 3.28. The van der Waals surface area contributed by atoms with E-state index in [0.717, 1.165) is 25.7 Å². The van der Waals surface area contributed by atoms with Gasteiger partial charge in [0.2, 0.25) is 0 Å². The van der Waals surface area contributed by atoms with Gasteiger partial charge in [0.15, 0.2) is 0 Å². The molecule has 90 valence electrons. The van der Waals surface area contributed by atoms with E-state index in [2.05, 4.69) is 0 Å². The second-order valence-electron chi connectivity index (χ2n) is 4.71. The molecule has 15 heavy (non-hydrogen) atoms. The molecule has 1 fully saturated rings. The van der Waals surface area contributed by atoms with Crippen LogP contribution in [0.3, 0.4) is 0 Å². The smallest absolute Gasteiger partial charge is 0.0800 e. The minimum absolute atomic E-state index is 0.300. The zero-order valence-corrected chi connectivity index (χ0v) is 9.44. The average molecular weight is 216 g/mol. The number of hydrogen-bond acceptors (Lipinski definition) is 3. The number of aliphatic hydroxyl groups is 3. The quantitative estimate of drug-likeness (QED) is 0.576. The summed E-state index contributed by atoms with van der Waals surface area (Å²) < 4.78 is 0. The molecule has 0 aliphatic heterocycles. The van der Waals surface area contributed by atoms with Gasteiger partial charge in [-0.25, -0.2) is 0 Å². The van der Waals surface area contributed by atoms with E-state index in [1.165, 1.54) is 12.8 Å². The fraction of sp³-hybridized carbons (Fsp3) is 1.00. The molecule has 1 aliphatic rings. The predicted octanol–water partition coefficient (Wildman–Crippen LogP) is 1.59. The molecule has 0 saturated heterocycles. The highest BCUT2D eigenvalue weighted by molar-refractivity contribution is 4.70. The normalized spacial score (nSPS) is 36.6. The minimum Gasteiger partial charge on any atom is -0.393 e. The maximum Gasteiger partial charge on any atom is 0.0800 e. The van der Waals surface area contributed by atoms with Crippen molar-refractivity contribution in [2.45, 2.75) is 76.1 Å². The number of hydrogen-bond donors (Lipinski definition) is 3. The molecule has 0 aromatic heterocycles. The van der Waals surface area contributed by atoms with E-state index in [1.54, 1.807) is 0 Å². The maximum atomic E-state index is 9.62. The van der Waals surface area contributed by atoms with Crippen LogP contribution in [0.4, 0.5) is 0 Å². The van der Waals surface area contributed by atoms with Crippen molar-refractivity contribution < 1.29 is 15.3 Å². The van der Waals surface area contributed by atoms with Crippen molar-refractivity contribution >= 4 is 0 Å². The van der Waals surface area contributed by atoms with Crippen LogP contribution in [0.15, 0.2) is 0 Å². The van der Waals surface area contributed by atoms with Crippen LogP contribution in [0.2, 0.25) is 0 Å². The van der Waals surface area contributed by atoms with Crippen LogP contribution >= 0.6 is 0 Å². The van der Waals surface area contributed by atoms with Gasteiger partial charge >= 0.3 is 0 Å². The number of aliphatic hydroxyl groups excluding tert-OH is 3. The first-order valence-corrected chi connectivity index (χ1v) is 6.24. The van der Waals surface area contributed by atoms with Crippen LogP contribution in [0, 0.1) is 0 Å². The fourth-order valence-electron chi connectivity index (χ4n) is 2.16. The van der Waals surface area contributed by atoms with E-state index in [4.69, 9.17) is 0 Å². The highest BCUT2D eigenvalue weighted by atomic mass is 16.3. The summed E-state index contributed by atoms with van der Waals surface area (Å²) in [5.74, 6) is 0. The van der Waals surface area contributed by atoms with Gasteiger partial charge < -0.3 is 15.3 Å². The molecule has 0 aromatic carbocycles. The molecule has 0 heterocycles. The molecule has 0 bridgehead atoms. The lowest BCUT2D eigenvalue weighted by Crippen LogP contribution is -2.27. The van der Waals surface area contributed by atoms with Crippen molar-refractivity contribution in [2.24, 2.45) is 0 Å². The summed E-state index contributed by atoms with van der Waals surface area (Å²) in [6.07, 6.45) is 6.66. The lowest BCUT2D eigenvalue weighted by Gasteiger charge is -2.20. The minimum atomic E-state index is -0.654. The van der Waals surface area contributed by atoms with Crippen LogP contribution < -0.4 is 0 Å². The molecule has 0 radical (unpaired) electrons. The molecular formula is C12H24O3. The standard InChI is InChI=1S/C12H24O3/c13-10-6-4-2-1-3-5-7-11(14)12(15)9-8-10/h10-15H,1-9H2. The lowest BCUT2D eigenvalue weighted by atomic mass is 9.96. The summed E-state index contributed by atoms with van der Waals surface area (Å²) in [6, 6.07) is 0. The SMILES string of the molecule is OC1CCCCCCCC(O)C(O)CC1. The van der Waals surface area contributed by atoms with Crippen molar-refractivity contribution in [2.75, 3.05) is 0 Å². The van der Waals surface area contributed by atoms with Gasteiger partial charge in [-0.05, 0) is 25.7 Å². The van der Waals surface area contributed by atoms with Crippen LogP contribution in [-0.4, -0.2) is 33.6 Å². The van der Waals surface area contributed by atoms with Gasteiger partial charge in [-0.3, -0.25) is 0 Å². The Labute approximate surface area is 92.1 Å². The van der Waals surface area contributed by atoms with E-state index in [1.807, 2.05) is 0 Å².